The summed E-state index contributed by atoms with van der Waals surface area (Å²) in [5.74, 6) is -10.3. The van der Waals surface area contributed by atoms with Gasteiger partial charge in [0.15, 0.2) is 0 Å². The number of nitroso groups, excluding NO2 is 1. The van der Waals surface area contributed by atoms with Crippen molar-refractivity contribution in [2.24, 2.45) is 5.18 Å². The van der Waals surface area contributed by atoms with E-state index in [0.29, 0.717) is 0 Å². The first-order valence-corrected chi connectivity index (χ1v) is 4.81. The highest BCUT2D eigenvalue weighted by atomic mass is 19.3. The molecule has 0 bridgehead atoms. The van der Waals surface area contributed by atoms with Crippen molar-refractivity contribution < 1.29 is 50.2 Å². The van der Waals surface area contributed by atoms with E-state index in [2.05, 4.69) is 4.74 Å². The molecule has 0 aromatic heterocycles. The van der Waals surface area contributed by atoms with Crippen LogP contribution in [-0.4, -0.2) is 41.3 Å². The van der Waals surface area contributed by atoms with Crippen LogP contribution in [0.1, 0.15) is 12.8 Å². The molecule has 0 aliphatic heterocycles. The maximum atomic E-state index is 12.9. The molecule has 0 heterocycles. The number of carbonyl (C=O) groups excluding carboxylic acids is 1. The summed E-state index contributed by atoms with van der Waals surface area (Å²) in [6.45, 7) is 0. The lowest BCUT2D eigenvalue weighted by atomic mass is 10.1. The summed E-state index contributed by atoms with van der Waals surface area (Å²) in [5.41, 5.74) is 0. The molecule has 122 valence electrons. The molecule has 13 heteroatoms. The molecule has 1 N–H and O–H groups in total. The molecule has 0 saturated carbocycles. The van der Waals surface area contributed by atoms with Gasteiger partial charge in [0.05, 0.1) is 6.42 Å². The molecule has 0 aromatic carbocycles. The van der Waals surface area contributed by atoms with Crippen LogP contribution in [0.25, 0.3) is 0 Å². The third-order valence-electron chi connectivity index (χ3n) is 1.87. The van der Waals surface area contributed by atoms with Crippen LogP contribution in [0.4, 0.5) is 30.7 Å². The quantitative estimate of drug-likeness (QED) is 0.545. The molecule has 0 aliphatic carbocycles. The first-order valence-electron chi connectivity index (χ1n) is 4.81. The predicted octanol–water partition coefficient (Wildman–Crippen LogP) is 2.32. The van der Waals surface area contributed by atoms with E-state index in [9.17, 15) is 45.2 Å². The van der Waals surface area contributed by atoms with Gasteiger partial charge in [0.1, 0.15) is 6.42 Å². The number of aliphatic carboxylic acids is 1. The van der Waals surface area contributed by atoms with E-state index in [1.807, 2.05) is 0 Å². The van der Waals surface area contributed by atoms with Gasteiger partial charge in [-0.2, -0.15) is 26.3 Å². The highest BCUT2D eigenvalue weighted by Gasteiger charge is 2.63. The van der Waals surface area contributed by atoms with Gasteiger partial charge in [-0.05, 0) is 0 Å². The van der Waals surface area contributed by atoms with E-state index >= 15 is 0 Å². The number of carbonyl (C=O) groups is 2. The minimum Gasteiger partial charge on any atom is -0.479 e. The number of alkyl halides is 7. The standard InChI is InChI=1S/C8H6F7NO5/c9-3(5(18)19)1-6(10,11)8(14,15)21-7(12,13)2-4(17)16-20/h3H,1-2H2,(H,18,19). The lowest BCUT2D eigenvalue weighted by molar-refractivity contribution is -0.430. The summed E-state index contributed by atoms with van der Waals surface area (Å²) in [5, 5.41) is 9.38. The minimum atomic E-state index is -6.00. The first kappa shape index (κ1) is 19.2. The van der Waals surface area contributed by atoms with Crippen molar-refractivity contribution >= 4 is 11.9 Å². The van der Waals surface area contributed by atoms with E-state index in [1.165, 1.54) is 5.18 Å². The number of halogens is 7. The smallest absolute Gasteiger partial charge is 0.423 e. The third-order valence-corrected chi connectivity index (χ3v) is 1.87. The molecule has 0 aliphatic rings. The third kappa shape index (κ3) is 5.61. The second-order valence-corrected chi connectivity index (χ2v) is 3.63. The van der Waals surface area contributed by atoms with Crippen LogP contribution < -0.4 is 0 Å². The molecule has 0 spiro atoms. The molecule has 0 rings (SSSR count). The molecule has 0 radical (unpaired) electrons. The van der Waals surface area contributed by atoms with Crippen LogP contribution in [0, 0.1) is 4.91 Å². The number of carboxylic acids is 1. The van der Waals surface area contributed by atoms with Crippen molar-refractivity contribution in [1.29, 1.82) is 0 Å². The van der Waals surface area contributed by atoms with Gasteiger partial charge in [-0.1, -0.05) is 0 Å². The molecule has 1 atom stereocenters. The Balaban J connectivity index is 5.05. The summed E-state index contributed by atoms with van der Waals surface area (Å²) >= 11 is 0. The van der Waals surface area contributed by atoms with Gasteiger partial charge in [-0.3, -0.25) is 4.79 Å². The molecule has 0 fully saturated rings. The highest BCUT2D eigenvalue weighted by molar-refractivity contribution is 5.77. The van der Waals surface area contributed by atoms with E-state index in [0.717, 1.165) is 0 Å². The zero-order chi connectivity index (χ0) is 17.1. The molecule has 6 nitrogen and oxygen atoms in total. The second-order valence-electron chi connectivity index (χ2n) is 3.63. The number of amides is 1. The average molecular weight is 329 g/mol. The highest BCUT2D eigenvalue weighted by Crippen LogP contribution is 2.43. The lowest BCUT2D eigenvalue weighted by Crippen LogP contribution is -2.49. The number of rotatable bonds is 8. The molecule has 1 unspecified atom stereocenters. The molecule has 0 aromatic rings. The van der Waals surface area contributed by atoms with Crippen molar-refractivity contribution in [1.82, 2.24) is 0 Å². The Kier molecular flexibility index (Phi) is 5.78. The number of hydrogen-bond acceptors (Lipinski definition) is 4. The molecular formula is C8H6F7NO5. The molecular weight excluding hydrogens is 323 g/mol. The topological polar surface area (TPSA) is 93.0 Å². The van der Waals surface area contributed by atoms with Gasteiger partial charge in [-0.15, -0.1) is 4.91 Å². The van der Waals surface area contributed by atoms with Crippen molar-refractivity contribution in [3.63, 3.8) is 0 Å². The maximum Gasteiger partial charge on any atom is 0.423 e. The van der Waals surface area contributed by atoms with Crippen LogP contribution >= 0.6 is 0 Å². The fraction of sp³-hybridized carbons (Fsp3) is 0.750. The number of hydrogen-bond donors (Lipinski definition) is 1. The van der Waals surface area contributed by atoms with E-state index in [1.54, 1.807) is 0 Å². The Morgan fingerprint density at radius 2 is 1.62 bits per heavy atom. The van der Waals surface area contributed by atoms with Gasteiger partial charge in [-0.25, -0.2) is 13.9 Å². The Morgan fingerprint density at radius 3 is 2.00 bits per heavy atom. The van der Waals surface area contributed by atoms with Crippen molar-refractivity contribution in [2.75, 3.05) is 0 Å². The fourth-order valence-electron chi connectivity index (χ4n) is 0.938. The minimum absolute atomic E-state index is 1.42. The van der Waals surface area contributed by atoms with Crippen molar-refractivity contribution in [3.05, 3.63) is 4.91 Å². The summed E-state index contributed by atoms with van der Waals surface area (Å²) in [7, 11) is 0. The van der Waals surface area contributed by atoms with Crippen LogP contribution in [-0.2, 0) is 14.3 Å². The maximum absolute atomic E-state index is 12.9. The van der Waals surface area contributed by atoms with Crippen molar-refractivity contribution in [3.8, 4) is 0 Å². The van der Waals surface area contributed by atoms with Crippen LogP contribution in [0.5, 0.6) is 0 Å². The van der Waals surface area contributed by atoms with Crippen LogP contribution in [0.3, 0.4) is 0 Å². The fourth-order valence-corrected chi connectivity index (χ4v) is 0.938. The molecule has 21 heavy (non-hydrogen) atoms. The second kappa shape index (κ2) is 6.32. The van der Waals surface area contributed by atoms with Gasteiger partial charge in [0.2, 0.25) is 6.17 Å². The zero-order valence-corrected chi connectivity index (χ0v) is 9.66. The van der Waals surface area contributed by atoms with E-state index in [-0.39, 0.29) is 0 Å². The molecule has 1 amide bonds. The summed E-state index contributed by atoms with van der Waals surface area (Å²) < 4.78 is 91.8. The number of carboxylic acid groups (broad SMARTS) is 1. The Morgan fingerprint density at radius 1 is 1.14 bits per heavy atom. The van der Waals surface area contributed by atoms with E-state index < -0.39 is 49.0 Å². The van der Waals surface area contributed by atoms with Gasteiger partial charge in [0, 0.05) is 5.18 Å². The Hall–Kier alpha value is -1.79. The van der Waals surface area contributed by atoms with Gasteiger partial charge >= 0.3 is 24.1 Å². The largest absolute Gasteiger partial charge is 0.479 e. The molecule has 0 saturated heterocycles. The summed E-state index contributed by atoms with van der Waals surface area (Å²) in [6.07, 6.45) is -19.7. The monoisotopic (exact) mass is 329 g/mol. The van der Waals surface area contributed by atoms with Gasteiger partial charge < -0.3 is 5.11 Å². The van der Waals surface area contributed by atoms with Crippen LogP contribution in [0.15, 0.2) is 5.18 Å². The average Bonchev–Trinajstić information content (AvgIpc) is 2.25. The number of ether oxygens (including phenoxy) is 1. The number of nitrogens with zero attached hydrogens (tertiary/aromatic N) is 1. The Labute approximate surface area is 110 Å². The normalized spacial score (nSPS) is 14.6. The SMILES string of the molecule is O=NC(=O)CC(F)(F)OC(F)(F)C(F)(F)CC(F)C(=O)O. The summed E-state index contributed by atoms with van der Waals surface area (Å²) in [4.78, 5) is 29.7. The Bertz CT molecular complexity index is 427. The first-order chi connectivity index (χ1) is 9.24. The zero-order valence-electron chi connectivity index (χ0n) is 9.66. The van der Waals surface area contributed by atoms with E-state index in [4.69, 9.17) is 5.11 Å². The van der Waals surface area contributed by atoms with Gasteiger partial charge in [0.25, 0.3) is 5.91 Å². The van der Waals surface area contributed by atoms with Crippen LogP contribution in [0.2, 0.25) is 0 Å². The van der Waals surface area contributed by atoms with Crippen molar-refractivity contribution in [2.45, 2.75) is 37.2 Å². The lowest BCUT2D eigenvalue weighted by Gasteiger charge is -2.29. The predicted molar refractivity (Wildman–Crippen MR) is 48.5 cm³/mol. The summed E-state index contributed by atoms with van der Waals surface area (Å²) in [6, 6.07) is 0.